The Bertz CT molecular complexity index is 1660. The maximum Gasteiger partial charge on any atom is 1.00 e. The van der Waals surface area contributed by atoms with Crippen LogP contribution in [0, 0.1) is 0 Å². The van der Waals surface area contributed by atoms with Gasteiger partial charge in [-0.05, 0) is 53.7 Å². The van der Waals surface area contributed by atoms with Crippen LogP contribution in [0.5, 0.6) is 0 Å². The minimum atomic E-state index is -1.34. The number of piperazine rings is 2. The van der Waals surface area contributed by atoms with Crippen LogP contribution in [-0.4, -0.2) is 149 Å². The number of hydrogen-bond acceptors (Lipinski definition) is 15. The third-order valence-electron chi connectivity index (χ3n) is 7.56. The molecule has 3 N–H and O–H groups in total. The van der Waals surface area contributed by atoms with Crippen LogP contribution < -0.4 is 28.7 Å². The molecule has 2 aliphatic heterocycles. The van der Waals surface area contributed by atoms with E-state index in [0.717, 1.165) is 6.20 Å². The topological polar surface area (TPSA) is 249 Å². The quantitative estimate of drug-likeness (QED) is 0.233. The summed E-state index contributed by atoms with van der Waals surface area (Å²) in [6.45, 7) is 14.5. The molecule has 0 unspecified atom stereocenters. The Balaban J connectivity index is 0.00000101. The summed E-state index contributed by atoms with van der Waals surface area (Å²) in [6.07, 6.45) is 1.59. The number of esters is 2. The van der Waals surface area contributed by atoms with Crippen LogP contribution in [-0.2, 0) is 18.9 Å². The van der Waals surface area contributed by atoms with E-state index in [0.29, 0.717) is 64.0 Å². The number of anilines is 2. The van der Waals surface area contributed by atoms with Crippen molar-refractivity contribution in [1.82, 2.24) is 19.8 Å². The van der Waals surface area contributed by atoms with Crippen LogP contribution >= 0.6 is 0 Å². The molecule has 4 heterocycles. The third kappa shape index (κ3) is 14.2. The number of carbonyl (C=O) groups excluding carboxylic acids is 4. The van der Waals surface area contributed by atoms with Crippen LogP contribution in [0.25, 0.3) is 0 Å². The summed E-state index contributed by atoms with van der Waals surface area (Å²) in [7, 11) is 2.47. The molecule has 2 aromatic rings. The predicted molar refractivity (Wildman–Crippen MR) is 194 cm³/mol. The van der Waals surface area contributed by atoms with Crippen LogP contribution in [0.2, 0.25) is 0 Å². The first-order chi connectivity index (χ1) is 24.2. The van der Waals surface area contributed by atoms with E-state index < -0.39 is 41.2 Å². The number of amides is 2. The standard InChI is InChI=1S/C18H25N3O6.C16H21N3O6.CH4.Li.H2O/c1-18(2,3)27-17(24)21-8-6-20(7-9-21)14-10-12(15(22)25-4)13(11-19-14)16(23)26-5;1-16(2,3)25-15(24)19-6-4-18(5-7-19)12-8-10(13(20)21)11(9-17-12)14(22)23;;;/h10-11H,6-9H2,1-5H3;8-9H,4-7H2,1-3H3,(H,20,21)(H,22,23);1H4;;1H2/q;;;+1;/p-1. The molecule has 2 aliphatic rings. The second-order valence-electron chi connectivity index (χ2n) is 13.7. The first-order valence-corrected chi connectivity index (χ1v) is 16.3. The zero-order valence-electron chi connectivity index (χ0n) is 32.1. The Morgan fingerprint density at radius 2 is 0.909 bits per heavy atom. The first kappa shape index (κ1) is 49.9. The second-order valence-corrected chi connectivity index (χ2v) is 13.7. The summed E-state index contributed by atoms with van der Waals surface area (Å²) in [4.78, 5) is 85.6. The maximum atomic E-state index is 12.1. The van der Waals surface area contributed by atoms with E-state index in [1.165, 1.54) is 32.5 Å². The molecule has 0 atom stereocenters. The van der Waals surface area contributed by atoms with Gasteiger partial charge >= 0.3 is 54.9 Å². The number of hydrogen-bond donors (Lipinski definition) is 2. The van der Waals surface area contributed by atoms with Crippen molar-refractivity contribution in [2.75, 3.05) is 76.4 Å². The molecule has 300 valence electrons. The molecule has 4 rings (SSSR count). The van der Waals surface area contributed by atoms with E-state index >= 15 is 0 Å². The molecule has 19 nitrogen and oxygen atoms in total. The number of carboxylic acids is 2. The summed E-state index contributed by atoms with van der Waals surface area (Å²) in [6, 6.07) is 2.75. The number of ether oxygens (including phenoxy) is 4. The largest absolute Gasteiger partial charge is 1.00 e. The molecule has 0 aliphatic carbocycles. The summed E-state index contributed by atoms with van der Waals surface area (Å²) in [5, 5.41) is 18.2. The van der Waals surface area contributed by atoms with Crippen molar-refractivity contribution in [3.8, 4) is 0 Å². The molecule has 20 heteroatoms. The molecular weight excluding hydrogens is 719 g/mol. The zero-order valence-corrected chi connectivity index (χ0v) is 32.1. The predicted octanol–water partition coefficient (Wildman–Crippen LogP) is 0.710. The number of aromatic nitrogens is 2. The Morgan fingerprint density at radius 3 is 1.24 bits per heavy atom. The van der Waals surface area contributed by atoms with E-state index in [2.05, 4.69) is 14.7 Å². The van der Waals surface area contributed by atoms with E-state index in [1.54, 1.807) is 35.5 Å². The van der Waals surface area contributed by atoms with E-state index in [9.17, 15) is 33.9 Å². The number of rotatable bonds is 6. The van der Waals surface area contributed by atoms with Gasteiger partial charge in [-0.2, -0.15) is 0 Å². The minimum Gasteiger partial charge on any atom is -0.870 e. The van der Waals surface area contributed by atoms with Crippen LogP contribution in [0.15, 0.2) is 24.5 Å². The summed E-state index contributed by atoms with van der Waals surface area (Å²) >= 11 is 0. The molecule has 0 spiro atoms. The number of methoxy groups -OCH3 is 2. The molecule has 2 saturated heterocycles. The molecule has 0 radical (unpaired) electrons. The molecular formula is C35H51LiN6O13. The van der Waals surface area contributed by atoms with Crippen molar-refractivity contribution in [2.45, 2.75) is 60.2 Å². The van der Waals surface area contributed by atoms with Crippen molar-refractivity contribution in [1.29, 1.82) is 0 Å². The summed E-state index contributed by atoms with van der Waals surface area (Å²) < 4.78 is 20.1. The van der Waals surface area contributed by atoms with Gasteiger partial charge in [0.05, 0.1) is 36.5 Å². The minimum absolute atomic E-state index is 0. The normalized spacial score (nSPS) is 14.0. The van der Waals surface area contributed by atoms with Gasteiger partial charge in [0.25, 0.3) is 0 Å². The van der Waals surface area contributed by atoms with E-state index in [4.69, 9.17) is 19.3 Å². The van der Waals surface area contributed by atoms with Gasteiger partial charge in [-0.3, -0.25) is 0 Å². The molecule has 2 amide bonds. The second kappa shape index (κ2) is 21.1. The van der Waals surface area contributed by atoms with Crippen molar-refractivity contribution in [3.63, 3.8) is 0 Å². The smallest absolute Gasteiger partial charge is 0.870 e. The fourth-order valence-electron chi connectivity index (χ4n) is 5.02. The van der Waals surface area contributed by atoms with Gasteiger partial charge in [0.1, 0.15) is 22.8 Å². The molecule has 0 aromatic carbocycles. The van der Waals surface area contributed by atoms with Gasteiger partial charge < -0.3 is 54.2 Å². The number of carboxylic acid groups (broad SMARTS) is 2. The van der Waals surface area contributed by atoms with Gasteiger partial charge in [-0.15, -0.1) is 0 Å². The Labute approximate surface area is 332 Å². The Hall–Kier alpha value is -5.12. The maximum absolute atomic E-state index is 12.1. The van der Waals surface area contributed by atoms with Gasteiger partial charge in [0.2, 0.25) is 0 Å². The summed E-state index contributed by atoms with van der Waals surface area (Å²) in [5.41, 5.74) is -1.66. The van der Waals surface area contributed by atoms with Crippen molar-refractivity contribution in [3.05, 3.63) is 46.8 Å². The van der Waals surface area contributed by atoms with E-state index in [1.807, 2.05) is 25.7 Å². The SMILES string of the molecule is C.CC(C)(C)OC(=O)N1CCN(c2cc(C(=O)O)c(C(=O)O)cn2)CC1.COC(=O)c1cnc(N2CCN(C(=O)OC(C)(C)C)CC2)cc1C(=O)OC.[Li+].[OH-]. The number of aromatic carboxylic acids is 2. The molecule has 2 aromatic heterocycles. The van der Waals surface area contributed by atoms with Crippen LogP contribution in [0.4, 0.5) is 21.2 Å². The van der Waals surface area contributed by atoms with Gasteiger partial charge in [-0.25, -0.2) is 38.7 Å². The van der Waals surface area contributed by atoms with Gasteiger partial charge in [0, 0.05) is 64.8 Å². The average molecular weight is 771 g/mol. The molecule has 0 saturated carbocycles. The Morgan fingerprint density at radius 1 is 0.582 bits per heavy atom. The number of carbonyl (C=O) groups is 6. The van der Waals surface area contributed by atoms with E-state index in [-0.39, 0.29) is 60.1 Å². The summed E-state index contributed by atoms with van der Waals surface area (Å²) in [5.74, 6) is -3.09. The molecule has 55 heavy (non-hydrogen) atoms. The first-order valence-electron chi connectivity index (χ1n) is 16.3. The van der Waals surface area contributed by atoms with Crippen LogP contribution in [0.3, 0.4) is 0 Å². The Kier molecular flexibility index (Phi) is 19.1. The van der Waals surface area contributed by atoms with Gasteiger partial charge in [0.15, 0.2) is 0 Å². The fourth-order valence-corrected chi connectivity index (χ4v) is 5.02. The van der Waals surface area contributed by atoms with Crippen LogP contribution in [0.1, 0.15) is 90.4 Å². The molecule has 2 fully saturated rings. The molecule has 0 bridgehead atoms. The monoisotopic (exact) mass is 770 g/mol. The van der Waals surface area contributed by atoms with Crippen molar-refractivity contribution < 1.29 is 82.3 Å². The zero-order chi connectivity index (χ0) is 39.0. The number of pyridine rings is 2. The average Bonchev–Trinajstić information content (AvgIpc) is 3.09. The third-order valence-corrected chi connectivity index (χ3v) is 7.56. The fraction of sp³-hybridized carbons (Fsp3) is 0.543. The van der Waals surface area contributed by atoms with Gasteiger partial charge in [-0.1, -0.05) is 7.43 Å². The van der Waals surface area contributed by atoms with Crippen molar-refractivity contribution >= 4 is 47.7 Å². The van der Waals surface area contributed by atoms with Crippen molar-refractivity contribution in [2.24, 2.45) is 0 Å². The number of nitrogens with zero attached hydrogens (tertiary/aromatic N) is 6.